The summed E-state index contributed by atoms with van der Waals surface area (Å²) in [5.41, 5.74) is 7.06. The van der Waals surface area contributed by atoms with E-state index in [0.29, 0.717) is 23.7 Å². The van der Waals surface area contributed by atoms with Crippen molar-refractivity contribution in [3.63, 3.8) is 0 Å². The second kappa shape index (κ2) is 8.67. The number of hydrogen-bond donors (Lipinski definition) is 3. The van der Waals surface area contributed by atoms with Crippen LogP contribution in [0, 0.1) is 0 Å². The third-order valence-electron chi connectivity index (χ3n) is 4.29. The van der Waals surface area contributed by atoms with Crippen LogP contribution in [-0.4, -0.2) is 23.9 Å². The summed E-state index contributed by atoms with van der Waals surface area (Å²) >= 11 is 0. The minimum atomic E-state index is -0.491. The number of nitrogens with one attached hydrogen (secondary N) is 2. The number of hydrogen-bond acceptors (Lipinski definition) is 3. The van der Waals surface area contributed by atoms with Gasteiger partial charge in [0, 0.05) is 17.3 Å². The number of carbonyl (C=O) groups excluding carboxylic acids is 2. The second-order valence-electron chi connectivity index (χ2n) is 6.27. The lowest BCUT2D eigenvalue weighted by Gasteiger charge is -2.22. The van der Waals surface area contributed by atoms with E-state index in [2.05, 4.69) is 10.6 Å². The number of amides is 2. The van der Waals surface area contributed by atoms with Crippen LogP contribution in [0.2, 0.25) is 0 Å². The standard InChI is InChI=1S/C18H27N3O2/c1-2-6-16(19)18(23)21-15-11-9-13(10-12-15)17(22)20-14-7-4-3-5-8-14/h9-12,14,16H,2-8,19H2,1H3,(H,20,22)(H,21,23). The molecule has 1 aliphatic carbocycles. The first-order valence-corrected chi connectivity index (χ1v) is 8.57. The van der Waals surface area contributed by atoms with Crippen molar-refractivity contribution in [1.82, 2.24) is 5.32 Å². The second-order valence-corrected chi connectivity index (χ2v) is 6.27. The number of rotatable bonds is 6. The van der Waals surface area contributed by atoms with Gasteiger partial charge in [-0.3, -0.25) is 9.59 Å². The Balaban J connectivity index is 1.88. The average molecular weight is 317 g/mol. The lowest BCUT2D eigenvalue weighted by atomic mass is 9.95. The third-order valence-corrected chi connectivity index (χ3v) is 4.29. The molecule has 0 saturated heterocycles. The molecule has 0 radical (unpaired) electrons. The highest BCUT2D eigenvalue weighted by molar-refractivity contribution is 5.97. The molecule has 4 N–H and O–H groups in total. The van der Waals surface area contributed by atoms with E-state index >= 15 is 0 Å². The summed E-state index contributed by atoms with van der Waals surface area (Å²) < 4.78 is 0. The van der Waals surface area contributed by atoms with Crippen LogP contribution >= 0.6 is 0 Å². The minimum absolute atomic E-state index is 0.0440. The zero-order valence-corrected chi connectivity index (χ0v) is 13.8. The van der Waals surface area contributed by atoms with E-state index in [4.69, 9.17) is 5.73 Å². The van der Waals surface area contributed by atoms with Gasteiger partial charge in [-0.1, -0.05) is 32.6 Å². The van der Waals surface area contributed by atoms with Crippen molar-refractivity contribution in [2.24, 2.45) is 5.73 Å². The molecule has 2 amide bonds. The Morgan fingerprint density at radius 3 is 2.43 bits per heavy atom. The van der Waals surface area contributed by atoms with Gasteiger partial charge >= 0.3 is 0 Å². The molecule has 0 bridgehead atoms. The fourth-order valence-electron chi connectivity index (χ4n) is 2.90. The summed E-state index contributed by atoms with van der Waals surface area (Å²) in [7, 11) is 0. The summed E-state index contributed by atoms with van der Waals surface area (Å²) in [6.07, 6.45) is 7.30. The molecule has 0 aliphatic heterocycles. The van der Waals surface area contributed by atoms with Gasteiger partial charge < -0.3 is 16.4 Å². The highest BCUT2D eigenvalue weighted by Gasteiger charge is 2.17. The Morgan fingerprint density at radius 2 is 1.83 bits per heavy atom. The van der Waals surface area contributed by atoms with Crippen LogP contribution in [0.1, 0.15) is 62.2 Å². The van der Waals surface area contributed by atoms with Crippen LogP contribution in [0.3, 0.4) is 0 Å². The molecule has 1 saturated carbocycles. The van der Waals surface area contributed by atoms with Crippen molar-refractivity contribution < 1.29 is 9.59 Å². The first-order valence-electron chi connectivity index (χ1n) is 8.57. The van der Waals surface area contributed by atoms with Crippen molar-refractivity contribution in [2.45, 2.75) is 64.0 Å². The van der Waals surface area contributed by atoms with Crippen molar-refractivity contribution in [3.05, 3.63) is 29.8 Å². The highest BCUT2D eigenvalue weighted by Crippen LogP contribution is 2.18. The molecule has 1 atom stereocenters. The zero-order chi connectivity index (χ0) is 16.7. The Kier molecular flexibility index (Phi) is 6.59. The lowest BCUT2D eigenvalue weighted by Crippen LogP contribution is -2.36. The van der Waals surface area contributed by atoms with E-state index in [0.717, 1.165) is 19.3 Å². The fraction of sp³-hybridized carbons (Fsp3) is 0.556. The van der Waals surface area contributed by atoms with Gasteiger partial charge in [-0.15, -0.1) is 0 Å². The van der Waals surface area contributed by atoms with E-state index in [-0.39, 0.29) is 11.8 Å². The molecular weight excluding hydrogens is 290 g/mol. The van der Waals surface area contributed by atoms with Gasteiger partial charge in [-0.2, -0.15) is 0 Å². The first kappa shape index (κ1) is 17.5. The van der Waals surface area contributed by atoms with Crippen molar-refractivity contribution in [2.75, 3.05) is 5.32 Å². The molecule has 1 aromatic rings. The van der Waals surface area contributed by atoms with E-state index in [1.165, 1.54) is 19.3 Å². The van der Waals surface area contributed by atoms with Gasteiger partial charge in [0.15, 0.2) is 0 Å². The van der Waals surface area contributed by atoms with Crippen LogP contribution < -0.4 is 16.4 Å². The van der Waals surface area contributed by atoms with Gasteiger partial charge in [0.1, 0.15) is 0 Å². The van der Waals surface area contributed by atoms with E-state index in [9.17, 15) is 9.59 Å². The average Bonchev–Trinajstić information content (AvgIpc) is 2.56. The predicted molar refractivity (Wildman–Crippen MR) is 92.3 cm³/mol. The Labute approximate surface area is 138 Å². The summed E-state index contributed by atoms with van der Waals surface area (Å²) in [5.74, 6) is -0.233. The first-order chi connectivity index (χ1) is 11.1. The van der Waals surface area contributed by atoms with Crippen LogP contribution in [-0.2, 0) is 4.79 Å². The van der Waals surface area contributed by atoms with Crippen LogP contribution in [0.25, 0.3) is 0 Å². The normalized spacial score (nSPS) is 16.6. The molecule has 126 valence electrons. The summed E-state index contributed by atoms with van der Waals surface area (Å²) in [5, 5.41) is 5.86. The van der Waals surface area contributed by atoms with Gasteiger partial charge in [0.05, 0.1) is 6.04 Å². The molecular formula is C18H27N3O2. The summed E-state index contributed by atoms with van der Waals surface area (Å²) in [6, 6.07) is 6.76. The third kappa shape index (κ3) is 5.36. The van der Waals surface area contributed by atoms with E-state index < -0.39 is 6.04 Å². The van der Waals surface area contributed by atoms with Crippen LogP contribution in [0.15, 0.2) is 24.3 Å². The molecule has 5 nitrogen and oxygen atoms in total. The van der Waals surface area contributed by atoms with Gasteiger partial charge in [-0.25, -0.2) is 0 Å². The minimum Gasteiger partial charge on any atom is -0.349 e. The smallest absolute Gasteiger partial charge is 0.251 e. The summed E-state index contributed by atoms with van der Waals surface area (Å²) in [4.78, 5) is 24.1. The number of anilines is 1. The number of benzene rings is 1. The fourth-order valence-corrected chi connectivity index (χ4v) is 2.90. The Bertz CT molecular complexity index is 522. The van der Waals surface area contributed by atoms with Crippen molar-refractivity contribution in [3.8, 4) is 0 Å². The monoisotopic (exact) mass is 317 g/mol. The molecule has 5 heteroatoms. The molecule has 2 rings (SSSR count). The molecule has 0 spiro atoms. The largest absolute Gasteiger partial charge is 0.349 e. The van der Waals surface area contributed by atoms with E-state index in [1.54, 1.807) is 24.3 Å². The van der Waals surface area contributed by atoms with Gasteiger partial charge in [0.25, 0.3) is 5.91 Å². The molecule has 1 unspecified atom stereocenters. The molecule has 0 heterocycles. The molecule has 0 aromatic heterocycles. The van der Waals surface area contributed by atoms with Gasteiger partial charge in [0.2, 0.25) is 5.91 Å². The SMILES string of the molecule is CCCC(N)C(=O)Nc1ccc(C(=O)NC2CCCCC2)cc1. The molecule has 1 fully saturated rings. The van der Waals surface area contributed by atoms with Crippen LogP contribution in [0.5, 0.6) is 0 Å². The topological polar surface area (TPSA) is 84.2 Å². The maximum atomic E-state index is 12.2. The summed E-state index contributed by atoms with van der Waals surface area (Å²) in [6.45, 7) is 1.99. The maximum Gasteiger partial charge on any atom is 0.251 e. The van der Waals surface area contributed by atoms with Crippen molar-refractivity contribution in [1.29, 1.82) is 0 Å². The quantitative estimate of drug-likeness (QED) is 0.754. The highest BCUT2D eigenvalue weighted by atomic mass is 16.2. The van der Waals surface area contributed by atoms with Gasteiger partial charge in [-0.05, 0) is 43.5 Å². The number of carbonyl (C=O) groups is 2. The van der Waals surface area contributed by atoms with Crippen LogP contribution in [0.4, 0.5) is 5.69 Å². The molecule has 1 aromatic carbocycles. The predicted octanol–water partition coefficient (Wildman–Crippen LogP) is 2.82. The van der Waals surface area contributed by atoms with E-state index in [1.807, 2.05) is 6.92 Å². The molecule has 1 aliphatic rings. The lowest BCUT2D eigenvalue weighted by molar-refractivity contribution is -0.117. The Hall–Kier alpha value is -1.88. The maximum absolute atomic E-state index is 12.2. The van der Waals surface area contributed by atoms with Crippen molar-refractivity contribution >= 4 is 17.5 Å². The zero-order valence-electron chi connectivity index (χ0n) is 13.8. The number of nitrogens with two attached hydrogens (primary N) is 1. The Morgan fingerprint density at radius 1 is 1.17 bits per heavy atom. The molecule has 23 heavy (non-hydrogen) atoms.